The van der Waals surface area contributed by atoms with Crippen LogP contribution in [0.5, 0.6) is 0 Å². The van der Waals surface area contributed by atoms with Crippen molar-refractivity contribution in [1.82, 2.24) is 4.90 Å². The molecule has 24 heavy (non-hydrogen) atoms. The molecule has 4 heteroatoms. The Morgan fingerprint density at radius 3 is 2.33 bits per heavy atom. The highest BCUT2D eigenvalue weighted by Gasteiger charge is 2.32. The van der Waals surface area contributed by atoms with E-state index in [4.69, 9.17) is 4.74 Å². The normalized spacial score (nSPS) is 17.4. The Balaban J connectivity index is 1.93. The first-order valence-electron chi connectivity index (χ1n) is 7.87. The van der Waals surface area contributed by atoms with Crippen LogP contribution in [0.4, 0.5) is 0 Å². The average Bonchev–Trinajstić information content (AvgIpc) is 2.64. The van der Waals surface area contributed by atoms with Gasteiger partial charge >= 0.3 is 5.97 Å². The molecule has 4 nitrogen and oxygen atoms in total. The Hall–Kier alpha value is -2.88. The van der Waals surface area contributed by atoms with Gasteiger partial charge in [0.1, 0.15) is 0 Å². The topological polar surface area (TPSA) is 46.6 Å². The summed E-state index contributed by atoms with van der Waals surface area (Å²) in [5.74, 6) is -0.659. The van der Waals surface area contributed by atoms with Crippen LogP contribution < -0.4 is 0 Å². The molecule has 1 atom stereocenters. The zero-order valence-corrected chi connectivity index (χ0v) is 13.5. The summed E-state index contributed by atoms with van der Waals surface area (Å²) in [5, 5.41) is 0. The van der Waals surface area contributed by atoms with Gasteiger partial charge in [0, 0.05) is 18.5 Å². The lowest BCUT2D eigenvalue weighted by Gasteiger charge is -2.30. The fourth-order valence-electron chi connectivity index (χ4n) is 2.94. The molecule has 1 aliphatic rings. The number of methoxy groups -OCH3 is 1. The number of hydrogen-bond donors (Lipinski definition) is 0. The van der Waals surface area contributed by atoms with Crippen LogP contribution in [0.3, 0.4) is 0 Å². The molecule has 0 aliphatic carbocycles. The Bertz CT molecular complexity index is 753. The SMILES string of the molecule is COC(=O)C1=CN(Cc2ccccc2)C(=O)C[C@H]1c1ccccc1. The molecule has 0 saturated carbocycles. The van der Waals surface area contributed by atoms with Gasteiger partial charge in [0.25, 0.3) is 0 Å². The average molecular weight is 321 g/mol. The van der Waals surface area contributed by atoms with Gasteiger partial charge in [-0.2, -0.15) is 0 Å². The van der Waals surface area contributed by atoms with Gasteiger partial charge in [-0.25, -0.2) is 4.79 Å². The number of carbonyl (C=O) groups is 2. The number of esters is 1. The first-order chi connectivity index (χ1) is 11.7. The van der Waals surface area contributed by atoms with E-state index in [1.54, 1.807) is 11.1 Å². The van der Waals surface area contributed by atoms with Crippen molar-refractivity contribution in [3.05, 3.63) is 83.6 Å². The van der Waals surface area contributed by atoms with E-state index in [9.17, 15) is 9.59 Å². The highest BCUT2D eigenvalue weighted by Crippen LogP contribution is 2.33. The number of amides is 1. The molecule has 3 rings (SSSR count). The lowest BCUT2D eigenvalue weighted by molar-refractivity contribution is -0.137. The van der Waals surface area contributed by atoms with E-state index in [-0.39, 0.29) is 18.2 Å². The third-order valence-electron chi connectivity index (χ3n) is 4.19. The van der Waals surface area contributed by atoms with E-state index in [1.165, 1.54) is 7.11 Å². The maximum atomic E-state index is 12.6. The second kappa shape index (κ2) is 7.13. The maximum Gasteiger partial charge on any atom is 0.335 e. The van der Waals surface area contributed by atoms with E-state index in [0.717, 1.165) is 11.1 Å². The number of benzene rings is 2. The molecule has 0 spiro atoms. The number of nitrogens with zero attached hydrogens (tertiary/aromatic N) is 1. The molecular weight excluding hydrogens is 302 g/mol. The highest BCUT2D eigenvalue weighted by molar-refractivity contribution is 5.94. The fourth-order valence-corrected chi connectivity index (χ4v) is 2.94. The molecule has 2 aromatic carbocycles. The van der Waals surface area contributed by atoms with E-state index >= 15 is 0 Å². The molecule has 0 N–H and O–H groups in total. The third-order valence-corrected chi connectivity index (χ3v) is 4.19. The fraction of sp³-hybridized carbons (Fsp3) is 0.200. The van der Waals surface area contributed by atoms with E-state index in [1.807, 2.05) is 60.7 Å². The largest absolute Gasteiger partial charge is 0.466 e. The summed E-state index contributed by atoms with van der Waals surface area (Å²) in [5.41, 5.74) is 2.48. The lowest BCUT2D eigenvalue weighted by Crippen LogP contribution is -2.34. The van der Waals surface area contributed by atoms with Crippen LogP contribution in [-0.2, 0) is 20.9 Å². The molecular formula is C20H19NO3. The molecule has 2 aromatic rings. The van der Waals surface area contributed by atoms with Gasteiger partial charge < -0.3 is 9.64 Å². The van der Waals surface area contributed by atoms with E-state index in [2.05, 4.69) is 0 Å². The smallest absolute Gasteiger partial charge is 0.335 e. The first kappa shape index (κ1) is 16.0. The number of rotatable bonds is 4. The minimum absolute atomic E-state index is 0.000333. The minimum Gasteiger partial charge on any atom is -0.466 e. The highest BCUT2D eigenvalue weighted by atomic mass is 16.5. The van der Waals surface area contributed by atoms with Gasteiger partial charge in [0.2, 0.25) is 5.91 Å². The third kappa shape index (κ3) is 3.38. The molecule has 122 valence electrons. The molecule has 0 radical (unpaired) electrons. The molecule has 0 saturated heterocycles. The van der Waals surface area contributed by atoms with Crippen molar-refractivity contribution in [2.24, 2.45) is 0 Å². The van der Waals surface area contributed by atoms with Crippen molar-refractivity contribution >= 4 is 11.9 Å². The standard InChI is InChI=1S/C20H19NO3/c1-24-20(23)18-14-21(13-15-8-4-2-5-9-15)19(22)12-17(18)16-10-6-3-7-11-16/h2-11,14,17H,12-13H2,1H3/t17-/m0/s1. The van der Waals surface area contributed by atoms with Crippen LogP contribution >= 0.6 is 0 Å². The second-order valence-electron chi connectivity index (χ2n) is 5.75. The van der Waals surface area contributed by atoms with Crippen LogP contribution in [-0.4, -0.2) is 23.9 Å². The van der Waals surface area contributed by atoms with Crippen molar-refractivity contribution in [2.45, 2.75) is 18.9 Å². The summed E-state index contributed by atoms with van der Waals surface area (Å²) in [6, 6.07) is 19.3. The Labute approximate surface area is 141 Å². The van der Waals surface area contributed by atoms with Crippen LogP contribution in [0.15, 0.2) is 72.4 Å². The second-order valence-corrected chi connectivity index (χ2v) is 5.75. The van der Waals surface area contributed by atoms with Gasteiger partial charge in [0.05, 0.1) is 19.2 Å². The van der Waals surface area contributed by atoms with E-state index < -0.39 is 5.97 Å². The summed E-state index contributed by atoms with van der Waals surface area (Å²) in [4.78, 5) is 26.4. The summed E-state index contributed by atoms with van der Waals surface area (Å²) in [6.07, 6.45) is 1.90. The minimum atomic E-state index is -0.394. The van der Waals surface area contributed by atoms with Crippen molar-refractivity contribution in [2.75, 3.05) is 7.11 Å². The van der Waals surface area contributed by atoms with Crippen molar-refractivity contribution in [1.29, 1.82) is 0 Å². The zero-order chi connectivity index (χ0) is 16.9. The molecule has 0 aromatic heterocycles. The molecule has 0 bridgehead atoms. The number of ether oxygens (including phenoxy) is 1. The quantitative estimate of drug-likeness (QED) is 0.812. The Kier molecular flexibility index (Phi) is 4.75. The summed E-state index contributed by atoms with van der Waals surface area (Å²) in [6.45, 7) is 0.446. The molecule has 1 heterocycles. The van der Waals surface area contributed by atoms with Crippen molar-refractivity contribution < 1.29 is 14.3 Å². The van der Waals surface area contributed by atoms with E-state index in [0.29, 0.717) is 12.1 Å². The van der Waals surface area contributed by atoms with Gasteiger partial charge in [-0.1, -0.05) is 60.7 Å². The predicted octanol–water partition coefficient (Wildman–Crippen LogP) is 3.26. The number of carbonyl (C=O) groups excluding carboxylic acids is 2. The summed E-state index contributed by atoms with van der Waals surface area (Å²) in [7, 11) is 1.36. The maximum absolute atomic E-state index is 12.6. The Morgan fingerprint density at radius 2 is 1.71 bits per heavy atom. The molecule has 1 amide bonds. The van der Waals surface area contributed by atoms with Crippen molar-refractivity contribution in [3.63, 3.8) is 0 Å². The Morgan fingerprint density at radius 1 is 1.08 bits per heavy atom. The van der Waals surface area contributed by atoms with Gasteiger partial charge in [-0.05, 0) is 11.1 Å². The van der Waals surface area contributed by atoms with Crippen molar-refractivity contribution in [3.8, 4) is 0 Å². The monoisotopic (exact) mass is 321 g/mol. The van der Waals surface area contributed by atoms with Crippen LogP contribution in [0.25, 0.3) is 0 Å². The van der Waals surface area contributed by atoms with Crippen LogP contribution in [0.1, 0.15) is 23.5 Å². The number of hydrogen-bond acceptors (Lipinski definition) is 3. The van der Waals surface area contributed by atoms with Gasteiger partial charge in [-0.15, -0.1) is 0 Å². The zero-order valence-electron chi connectivity index (χ0n) is 13.5. The molecule has 0 unspecified atom stereocenters. The van der Waals surface area contributed by atoms with Crippen LogP contribution in [0.2, 0.25) is 0 Å². The van der Waals surface area contributed by atoms with Crippen LogP contribution in [0, 0.1) is 0 Å². The summed E-state index contributed by atoms with van der Waals surface area (Å²) < 4.78 is 4.93. The van der Waals surface area contributed by atoms with Gasteiger partial charge in [-0.3, -0.25) is 4.79 Å². The van der Waals surface area contributed by atoms with Gasteiger partial charge in [0.15, 0.2) is 0 Å². The molecule has 0 fully saturated rings. The first-order valence-corrected chi connectivity index (χ1v) is 7.87. The lowest BCUT2D eigenvalue weighted by atomic mass is 9.86. The predicted molar refractivity (Wildman–Crippen MR) is 90.9 cm³/mol. The molecule has 1 aliphatic heterocycles. The summed E-state index contributed by atoms with van der Waals surface area (Å²) >= 11 is 0.